The molecule has 0 heterocycles. The van der Waals surface area contributed by atoms with Gasteiger partial charge in [0, 0.05) is 19.2 Å². The third-order valence-corrected chi connectivity index (χ3v) is 4.42. The zero-order valence-corrected chi connectivity index (χ0v) is 17.1. The van der Waals surface area contributed by atoms with Crippen molar-refractivity contribution >= 4 is 11.6 Å². The molecule has 156 valence electrons. The van der Waals surface area contributed by atoms with Gasteiger partial charge in [0.2, 0.25) is 0 Å². The molecule has 0 radical (unpaired) electrons. The van der Waals surface area contributed by atoms with Gasteiger partial charge in [-0.1, -0.05) is 6.07 Å². The molecule has 9 heteroatoms. The van der Waals surface area contributed by atoms with Gasteiger partial charge in [-0.3, -0.25) is 14.9 Å². The number of benzene rings is 2. The van der Waals surface area contributed by atoms with E-state index in [9.17, 15) is 14.9 Å². The van der Waals surface area contributed by atoms with Gasteiger partial charge >= 0.3 is 0 Å². The molecule has 1 amide bonds. The molecule has 0 N–H and O–H groups in total. The van der Waals surface area contributed by atoms with Gasteiger partial charge in [0.15, 0.2) is 23.0 Å². The van der Waals surface area contributed by atoms with Crippen molar-refractivity contribution < 1.29 is 28.7 Å². The second-order valence-electron chi connectivity index (χ2n) is 5.99. The molecule has 0 fully saturated rings. The number of methoxy groups -OCH3 is 4. The van der Waals surface area contributed by atoms with Gasteiger partial charge in [0.1, 0.15) is 5.56 Å². The van der Waals surface area contributed by atoms with Crippen LogP contribution in [0.1, 0.15) is 22.8 Å². The number of hydrogen-bond donors (Lipinski definition) is 0. The molecule has 2 rings (SSSR count). The summed E-state index contributed by atoms with van der Waals surface area (Å²) in [4.78, 5) is 25.5. The van der Waals surface area contributed by atoms with Crippen LogP contribution in [-0.4, -0.2) is 50.7 Å². The van der Waals surface area contributed by atoms with Crippen LogP contribution in [0, 0.1) is 10.1 Å². The van der Waals surface area contributed by atoms with Crippen LogP contribution in [-0.2, 0) is 6.54 Å². The molecule has 0 aliphatic rings. The third-order valence-electron chi connectivity index (χ3n) is 4.42. The van der Waals surface area contributed by atoms with E-state index in [0.717, 1.165) is 5.56 Å². The number of ether oxygens (including phenoxy) is 4. The molecule has 2 aromatic carbocycles. The minimum Gasteiger partial charge on any atom is -0.493 e. The Morgan fingerprint density at radius 3 is 2.00 bits per heavy atom. The first-order valence-electron chi connectivity index (χ1n) is 8.80. The average molecular weight is 404 g/mol. The summed E-state index contributed by atoms with van der Waals surface area (Å²) in [6, 6.07) is 7.83. The summed E-state index contributed by atoms with van der Waals surface area (Å²) < 4.78 is 20.8. The molecule has 0 aromatic heterocycles. The number of amides is 1. The molecule has 0 saturated carbocycles. The number of rotatable bonds is 9. The van der Waals surface area contributed by atoms with Crippen LogP contribution < -0.4 is 18.9 Å². The van der Waals surface area contributed by atoms with E-state index in [4.69, 9.17) is 18.9 Å². The molecule has 0 saturated heterocycles. The summed E-state index contributed by atoms with van der Waals surface area (Å²) in [6.07, 6.45) is 0. The van der Waals surface area contributed by atoms with Crippen LogP contribution >= 0.6 is 0 Å². The van der Waals surface area contributed by atoms with Crippen molar-refractivity contribution in [2.24, 2.45) is 0 Å². The zero-order chi connectivity index (χ0) is 21.6. The summed E-state index contributed by atoms with van der Waals surface area (Å²) >= 11 is 0. The van der Waals surface area contributed by atoms with Gasteiger partial charge in [0.05, 0.1) is 39.4 Å². The van der Waals surface area contributed by atoms with E-state index < -0.39 is 10.8 Å². The minimum absolute atomic E-state index is 0.0741. The van der Waals surface area contributed by atoms with E-state index in [1.165, 1.54) is 45.5 Å². The zero-order valence-electron chi connectivity index (χ0n) is 17.1. The molecule has 0 spiro atoms. The van der Waals surface area contributed by atoms with Gasteiger partial charge in [-0.05, 0) is 24.6 Å². The van der Waals surface area contributed by atoms with Crippen molar-refractivity contribution in [2.75, 3.05) is 35.0 Å². The molecule has 0 bridgehead atoms. The quantitative estimate of drug-likeness (QED) is 0.467. The molecular formula is C20H24N2O7. The SMILES string of the molecule is CCN(Cc1ccc(OC)c(OC)c1)C(=O)c1cc(OC)c(OC)cc1[N+](=O)[O-]. The van der Waals surface area contributed by atoms with Crippen LogP contribution in [0.25, 0.3) is 0 Å². The Labute approximate surface area is 168 Å². The molecule has 0 atom stereocenters. The number of nitrogens with zero attached hydrogens (tertiary/aromatic N) is 2. The Morgan fingerprint density at radius 2 is 1.48 bits per heavy atom. The van der Waals surface area contributed by atoms with Crippen LogP contribution in [0.2, 0.25) is 0 Å². The molecule has 0 aliphatic carbocycles. The van der Waals surface area contributed by atoms with Crippen molar-refractivity contribution in [2.45, 2.75) is 13.5 Å². The Morgan fingerprint density at radius 1 is 0.931 bits per heavy atom. The topological polar surface area (TPSA) is 100 Å². The van der Waals surface area contributed by atoms with E-state index in [-0.39, 0.29) is 29.3 Å². The molecule has 2 aromatic rings. The molecule has 0 unspecified atom stereocenters. The Bertz CT molecular complexity index is 899. The molecular weight excluding hydrogens is 380 g/mol. The molecule has 0 aliphatic heterocycles. The lowest BCUT2D eigenvalue weighted by molar-refractivity contribution is -0.385. The highest BCUT2D eigenvalue weighted by Crippen LogP contribution is 2.35. The number of carbonyl (C=O) groups is 1. The van der Waals surface area contributed by atoms with Gasteiger partial charge in [-0.15, -0.1) is 0 Å². The average Bonchev–Trinajstić information content (AvgIpc) is 2.75. The highest BCUT2D eigenvalue weighted by molar-refractivity contribution is 5.99. The first-order chi connectivity index (χ1) is 13.9. The summed E-state index contributed by atoms with van der Waals surface area (Å²) in [6.45, 7) is 2.38. The Balaban J connectivity index is 2.42. The minimum atomic E-state index is -0.612. The van der Waals surface area contributed by atoms with Crippen molar-refractivity contribution in [3.05, 3.63) is 51.6 Å². The lowest BCUT2D eigenvalue weighted by Crippen LogP contribution is -2.31. The lowest BCUT2D eigenvalue weighted by atomic mass is 10.1. The standard InChI is InChI=1S/C20H24N2O7/c1-6-21(12-13-7-8-16(26-2)17(9-13)27-3)20(23)14-10-18(28-4)19(29-5)11-15(14)22(24)25/h7-11H,6,12H2,1-5H3. The van der Waals surface area contributed by atoms with E-state index in [2.05, 4.69) is 0 Å². The maximum Gasteiger partial charge on any atom is 0.286 e. The maximum absolute atomic E-state index is 13.1. The van der Waals surface area contributed by atoms with E-state index in [0.29, 0.717) is 18.0 Å². The fraction of sp³-hybridized carbons (Fsp3) is 0.350. The summed E-state index contributed by atoms with van der Waals surface area (Å²) in [5, 5.41) is 11.5. The fourth-order valence-electron chi connectivity index (χ4n) is 2.89. The third kappa shape index (κ3) is 4.68. The number of hydrogen-bond acceptors (Lipinski definition) is 7. The summed E-state index contributed by atoms with van der Waals surface area (Å²) in [5.41, 5.74) is 0.370. The number of nitro benzene ring substituents is 1. The second kappa shape index (κ2) is 9.63. The first-order valence-corrected chi connectivity index (χ1v) is 8.80. The normalized spacial score (nSPS) is 10.2. The van der Waals surface area contributed by atoms with Crippen LogP contribution in [0.5, 0.6) is 23.0 Å². The van der Waals surface area contributed by atoms with Crippen molar-refractivity contribution in [3.8, 4) is 23.0 Å². The monoisotopic (exact) mass is 404 g/mol. The smallest absolute Gasteiger partial charge is 0.286 e. The maximum atomic E-state index is 13.1. The number of carbonyl (C=O) groups excluding carboxylic acids is 1. The van der Waals surface area contributed by atoms with Crippen molar-refractivity contribution in [1.29, 1.82) is 0 Å². The Kier molecular flexibility index (Phi) is 7.24. The van der Waals surface area contributed by atoms with E-state index in [1.54, 1.807) is 25.1 Å². The van der Waals surface area contributed by atoms with Crippen LogP contribution in [0.15, 0.2) is 30.3 Å². The largest absolute Gasteiger partial charge is 0.493 e. The second-order valence-corrected chi connectivity index (χ2v) is 5.99. The molecule has 9 nitrogen and oxygen atoms in total. The van der Waals surface area contributed by atoms with Gasteiger partial charge in [0.25, 0.3) is 11.6 Å². The highest BCUT2D eigenvalue weighted by atomic mass is 16.6. The first kappa shape index (κ1) is 21.8. The number of nitro groups is 1. The van der Waals surface area contributed by atoms with Gasteiger partial charge < -0.3 is 23.8 Å². The van der Waals surface area contributed by atoms with Crippen molar-refractivity contribution in [3.63, 3.8) is 0 Å². The van der Waals surface area contributed by atoms with Crippen LogP contribution in [0.4, 0.5) is 5.69 Å². The predicted octanol–water partition coefficient (Wildman–Crippen LogP) is 3.29. The van der Waals surface area contributed by atoms with Gasteiger partial charge in [-0.25, -0.2) is 0 Å². The van der Waals surface area contributed by atoms with E-state index >= 15 is 0 Å². The van der Waals surface area contributed by atoms with Gasteiger partial charge in [-0.2, -0.15) is 0 Å². The Hall–Kier alpha value is -3.49. The molecule has 29 heavy (non-hydrogen) atoms. The summed E-state index contributed by atoms with van der Waals surface area (Å²) in [7, 11) is 5.84. The summed E-state index contributed by atoms with van der Waals surface area (Å²) in [5.74, 6) is 1.03. The fourth-order valence-corrected chi connectivity index (χ4v) is 2.89. The van der Waals surface area contributed by atoms with Crippen molar-refractivity contribution in [1.82, 2.24) is 4.90 Å². The van der Waals surface area contributed by atoms with Crippen LogP contribution in [0.3, 0.4) is 0 Å². The predicted molar refractivity (Wildman–Crippen MR) is 106 cm³/mol. The highest BCUT2D eigenvalue weighted by Gasteiger charge is 2.27. The lowest BCUT2D eigenvalue weighted by Gasteiger charge is -2.22. The van der Waals surface area contributed by atoms with E-state index in [1.807, 2.05) is 0 Å².